The molecule has 2 rings (SSSR count). The van der Waals surface area contributed by atoms with Crippen molar-refractivity contribution in [1.82, 2.24) is 5.32 Å². The number of carboxylic acids is 1. The number of amides is 2. The number of anilines is 1. The second kappa shape index (κ2) is 7.87. The predicted octanol–water partition coefficient (Wildman–Crippen LogP) is 2.72. The Morgan fingerprint density at radius 3 is 2.08 bits per heavy atom. The van der Waals surface area contributed by atoms with Gasteiger partial charge in [0.05, 0.1) is 19.8 Å². The van der Waals surface area contributed by atoms with E-state index in [0.29, 0.717) is 17.2 Å². The summed E-state index contributed by atoms with van der Waals surface area (Å²) < 4.78 is 10.4. The second-order valence-electron chi connectivity index (χ2n) is 4.85. The molecule has 0 saturated heterocycles. The minimum atomic E-state index is -0.990. The van der Waals surface area contributed by atoms with Gasteiger partial charge >= 0.3 is 12.0 Å². The highest BCUT2D eigenvalue weighted by Crippen LogP contribution is 2.33. The van der Waals surface area contributed by atoms with E-state index in [-0.39, 0.29) is 12.1 Å². The van der Waals surface area contributed by atoms with E-state index in [1.807, 2.05) is 0 Å². The van der Waals surface area contributed by atoms with Gasteiger partial charge in [-0.15, -0.1) is 0 Å². The van der Waals surface area contributed by atoms with Crippen LogP contribution in [-0.4, -0.2) is 31.3 Å². The Hall–Kier alpha value is -3.22. The lowest BCUT2D eigenvalue weighted by Crippen LogP contribution is -2.28. The second-order valence-corrected chi connectivity index (χ2v) is 4.85. The van der Waals surface area contributed by atoms with E-state index in [1.165, 1.54) is 26.4 Å². The quantitative estimate of drug-likeness (QED) is 0.757. The summed E-state index contributed by atoms with van der Waals surface area (Å²) >= 11 is 0. The highest BCUT2D eigenvalue weighted by Gasteiger charge is 2.12. The molecule has 0 unspecified atom stereocenters. The highest BCUT2D eigenvalue weighted by molar-refractivity contribution is 5.93. The number of aromatic carboxylic acids is 1. The van der Waals surface area contributed by atoms with Crippen molar-refractivity contribution in [2.75, 3.05) is 19.5 Å². The fraction of sp³-hybridized carbons (Fsp3) is 0.176. The number of methoxy groups -OCH3 is 2. The number of nitrogens with one attached hydrogen (secondary N) is 2. The van der Waals surface area contributed by atoms with Gasteiger partial charge in [-0.1, -0.05) is 18.2 Å². The zero-order valence-corrected chi connectivity index (χ0v) is 13.3. The molecule has 0 aliphatic heterocycles. The van der Waals surface area contributed by atoms with Crippen LogP contribution >= 0.6 is 0 Å². The van der Waals surface area contributed by atoms with Gasteiger partial charge in [0, 0.05) is 6.54 Å². The number of para-hydroxylation sites is 1. The van der Waals surface area contributed by atoms with Gasteiger partial charge in [0.1, 0.15) is 17.2 Å². The van der Waals surface area contributed by atoms with E-state index < -0.39 is 12.0 Å². The molecule has 0 fully saturated rings. The maximum Gasteiger partial charge on any atom is 0.335 e. The predicted molar refractivity (Wildman–Crippen MR) is 88.8 cm³/mol. The van der Waals surface area contributed by atoms with Crippen molar-refractivity contribution in [2.24, 2.45) is 0 Å². The summed E-state index contributed by atoms with van der Waals surface area (Å²) in [5.74, 6) is -0.0267. The van der Waals surface area contributed by atoms with Gasteiger partial charge in [-0.3, -0.25) is 0 Å². The molecule has 2 aromatic carbocycles. The third kappa shape index (κ3) is 4.16. The number of hydrogen-bond acceptors (Lipinski definition) is 4. The number of carbonyl (C=O) groups excluding carboxylic acids is 1. The number of carbonyl (C=O) groups is 2. The molecule has 0 radical (unpaired) electrons. The lowest BCUT2D eigenvalue weighted by Gasteiger charge is -2.14. The normalized spacial score (nSPS) is 9.92. The van der Waals surface area contributed by atoms with Crippen LogP contribution in [0.1, 0.15) is 15.9 Å². The summed E-state index contributed by atoms with van der Waals surface area (Å²) in [6, 6.07) is 11.0. The smallest absolute Gasteiger partial charge is 0.335 e. The van der Waals surface area contributed by atoms with Crippen LogP contribution in [0.15, 0.2) is 42.5 Å². The van der Waals surface area contributed by atoms with Gasteiger partial charge in [-0.05, 0) is 29.8 Å². The molecular weight excluding hydrogens is 312 g/mol. The van der Waals surface area contributed by atoms with E-state index in [0.717, 1.165) is 5.56 Å². The lowest BCUT2D eigenvalue weighted by molar-refractivity contribution is 0.0697. The first kappa shape index (κ1) is 17.1. The van der Waals surface area contributed by atoms with E-state index in [2.05, 4.69) is 10.6 Å². The summed E-state index contributed by atoms with van der Waals surface area (Å²) in [6.45, 7) is 0.253. The third-order valence-electron chi connectivity index (χ3n) is 3.32. The molecule has 0 atom stereocenters. The zero-order valence-electron chi connectivity index (χ0n) is 13.3. The molecule has 0 spiro atoms. The first-order valence-electron chi connectivity index (χ1n) is 7.13. The molecule has 3 N–H and O–H groups in total. The van der Waals surface area contributed by atoms with Gasteiger partial charge in [-0.2, -0.15) is 0 Å². The molecule has 0 heterocycles. The van der Waals surface area contributed by atoms with Crippen LogP contribution in [0.2, 0.25) is 0 Å². The van der Waals surface area contributed by atoms with E-state index in [4.69, 9.17) is 14.6 Å². The minimum Gasteiger partial charge on any atom is -0.494 e. The van der Waals surface area contributed by atoms with Crippen LogP contribution in [0.5, 0.6) is 11.5 Å². The molecule has 7 nitrogen and oxygen atoms in total. The Bertz CT molecular complexity index is 706. The Balaban J connectivity index is 2.00. The number of rotatable bonds is 6. The average molecular weight is 330 g/mol. The number of carboxylic acid groups (broad SMARTS) is 1. The van der Waals surface area contributed by atoms with Crippen LogP contribution in [0.25, 0.3) is 0 Å². The molecule has 0 saturated carbocycles. The fourth-order valence-electron chi connectivity index (χ4n) is 2.08. The summed E-state index contributed by atoms with van der Waals surface area (Å²) in [5.41, 5.74) is 1.41. The van der Waals surface area contributed by atoms with Gasteiger partial charge in [0.25, 0.3) is 0 Å². The summed E-state index contributed by atoms with van der Waals surface area (Å²) in [6.07, 6.45) is 0. The van der Waals surface area contributed by atoms with E-state index in [9.17, 15) is 9.59 Å². The van der Waals surface area contributed by atoms with Crippen molar-refractivity contribution in [3.63, 3.8) is 0 Å². The summed E-state index contributed by atoms with van der Waals surface area (Å²) in [4.78, 5) is 22.9. The number of benzene rings is 2. The fourth-order valence-corrected chi connectivity index (χ4v) is 2.08. The van der Waals surface area contributed by atoms with E-state index >= 15 is 0 Å². The monoisotopic (exact) mass is 330 g/mol. The lowest BCUT2D eigenvalue weighted by atomic mass is 10.1. The SMILES string of the molecule is COc1cccc(OC)c1NC(=O)NCc1ccc(C(=O)O)cc1. The largest absolute Gasteiger partial charge is 0.494 e. The number of hydrogen-bond donors (Lipinski definition) is 3. The average Bonchev–Trinajstić information content (AvgIpc) is 2.60. The van der Waals surface area contributed by atoms with Gasteiger partial charge < -0.3 is 25.2 Å². The minimum absolute atomic E-state index is 0.196. The Kier molecular flexibility index (Phi) is 5.62. The summed E-state index contributed by atoms with van der Waals surface area (Å²) in [7, 11) is 3.00. The molecule has 24 heavy (non-hydrogen) atoms. The molecule has 2 aromatic rings. The van der Waals surface area contributed by atoms with Crippen LogP contribution in [-0.2, 0) is 6.54 Å². The van der Waals surface area contributed by atoms with Crippen molar-refractivity contribution in [3.05, 3.63) is 53.6 Å². The van der Waals surface area contributed by atoms with Gasteiger partial charge in [-0.25, -0.2) is 9.59 Å². The molecule has 126 valence electrons. The first-order valence-corrected chi connectivity index (χ1v) is 7.13. The first-order chi connectivity index (χ1) is 11.5. The van der Waals surface area contributed by atoms with Crippen LogP contribution in [0.3, 0.4) is 0 Å². The van der Waals surface area contributed by atoms with Crippen LogP contribution in [0.4, 0.5) is 10.5 Å². The Labute approximate surface area is 139 Å². The summed E-state index contributed by atoms with van der Waals surface area (Å²) in [5, 5.41) is 14.2. The molecular formula is C17H18N2O5. The third-order valence-corrected chi connectivity index (χ3v) is 3.32. The number of urea groups is 1. The zero-order chi connectivity index (χ0) is 17.5. The molecule has 0 bridgehead atoms. The molecule has 0 aliphatic rings. The van der Waals surface area contributed by atoms with E-state index in [1.54, 1.807) is 30.3 Å². The topological polar surface area (TPSA) is 96.9 Å². The molecule has 2 amide bonds. The Morgan fingerprint density at radius 1 is 1.00 bits per heavy atom. The van der Waals surface area contributed by atoms with Crippen molar-refractivity contribution in [2.45, 2.75) is 6.54 Å². The van der Waals surface area contributed by atoms with Gasteiger partial charge in [0.15, 0.2) is 0 Å². The molecule has 7 heteroatoms. The van der Waals surface area contributed by atoms with Crippen molar-refractivity contribution in [3.8, 4) is 11.5 Å². The number of ether oxygens (including phenoxy) is 2. The van der Waals surface area contributed by atoms with Gasteiger partial charge in [0.2, 0.25) is 0 Å². The van der Waals surface area contributed by atoms with Crippen molar-refractivity contribution in [1.29, 1.82) is 0 Å². The maximum atomic E-state index is 12.1. The Morgan fingerprint density at radius 2 is 1.58 bits per heavy atom. The van der Waals surface area contributed by atoms with Crippen LogP contribution in [0, 0.1) is 0 Å². The van der Waals surface area contributed by atoms with Crippen LogP contribution < -0.4 is 20.1 Å². The highest BCUT2D eigenvalue weighted by atomic mass is 16.5. The molecule has 0 aliphatic carbocycles. The standard InChI is InChI=1S/C17H18N2O5/c1-23-13-4-3-5-14(24-2)15(13)19-17(22)18-10-11-6-8-12(9-7-11)16(20)21/h3-9H,10H2,1-2H3,(H,20,21)(H2,18,19,22). The molecule has 0 aromatic heterocycles. The van der Waals surface area contributed by atoms with Crippen molar-refractivity contribution >= 4 is 17.7 Å². The van der Waals surface area contributed by atoms with Crippen molar-refractivity contribution < 1.29 is 24.2 Å². The maximum absolute atomic E-state index is 12.1.